The molecule has 1 fully saturated rings. The van der Waals surface area contributed by atoms with Gasteiger partial charge in [0.05, 0.1) is 6.61 Å². The van der Waals surface area contributed by atoms with E-state index in [2.05, 4.69) is 52.0 Å². The first-order valence-electron chi connectivity index (χ1n) is 6.36. The Kier molecular flexibility index (Phi) is 5.01. The van der Waals surface area contributed by atoms with E-state index in [0.717, 1.165) is 24.2 Å². The second-order valence-electron chi connectivity index (χ2n) is 4.55. The van der Waals surface area contributed by atoms with Gasteiger partial charge in [-0.1, -0.05) is 28.1 Å². The van der Waals surface area contributed by atoms with E-state index in [9.17, 15) is 0 Å². The molecule has 94 valence electrons. The smallest absolute Gasteiger partial charge is 0.0621 e. The molecule has 1 aliphatic rings. The number of benzene rings is 1. The molecule has 17 heavy (non-hydrogen) atoms. The Balaban J connectivity index is 1.90. The van der Waals surface area contributed by atoms with Crippen molar-refractivity contribution in [2.24, 2.45) is 0 Å². The van der Waals surface area contributed by atoms with Gasteiger partial charge in [-0.2, -0.15) is 0 Å². The Hall–Kier alpha value is -0.380. The van der Waals surface area contributed by atoms with Gasteiger partial charge in [0.1, 0.15) is 0 Å². The molecule has 0 unspecified atom stereocenters. The summed E-state index contributed by atoms with van der Waals surface area (Å²) >= 11 is 3.47. The summed E-state index contributed by atoms with van der Waals surface area (Å²) in [7, 11) is 0. The Morgan fingerprint density at radius 2 is 2.12 bits per heavy atom. The zero-order chi connectivity index (χ0) is 12.1. The highest BCUT2D eigenvalue weighted by Gasteiger charge is 2.24. The number of ether oxygens (including phenoxy) is 1. The number of nitrogens with zero attached hydrogens (tertiary/aromatic N) is 1. The van der Waals surface area contributed by atoms with Crippen LogP contribution in [0.15, 0.2) is 28.7 Å². The Labute approximate surface area is 112 Å². The maximum atomic E-state index is 5.56. The van der Waals surface area contributed by atoms with E-state index in [-0.39, 0.29) is 0 Å². The third-order valence-corrected chi connectivity index (χ3v) is 3.84. The number of likely N-dealkylation sites (tertiary alicyclic amines) is 1. The zero-order valence-corrected chi connectivity index (χ0v) is 11.9. The van der Waals surface area contributed by atoms with Crippen molar-refractivity contribution in [1.82, 2.24) is 4.90 Å². The molecule has 0 amide bonds. The summed E-state index contributed by atoms with van der Waals surface area (Å²) in [6.07, 6.45) is 2.57. The molecule has 0 spiro atoms. The van der Waals surface area contributed by atoms with Crippen LogP contribution in [-0.2, 0) is 11.3 Å². The predicted octanol–water partition coefficient (Wildman–Crippen LogP) is 3.45. The van der Waals surface area contributed by atoms with Crippen molar-refractivity contribution in [2.75, 3.05) is 19.8 Å². The average molecular weight is 298 g/mol. The van der Waals surface area contributed by atoms with E-state index in [1.165, 1.54) is 24.9 Å². The molecular weight excluding hydrogens is 278 g/mol. The molecular formula is C14H20BrNO. The minimum Gasteiger partial charge on any atom is -0.380 e. The van der Waals surface area contributed by atoms with Crippen LogP contribution in [-0.4, -0.2) is 30.7 Å². The summed E-state index contributed by atoms with van der Waals surface area (Å²) in [6.45, 7) is 6.02. The Morgan fingerprint density at radius 1 is 1.35 bits per heavy atom. The second-order valence-corrected chi connectivity index (χ2v) is 5.47. The molecule has 0 aromatic heterocycles. The van der Waals surface area contributed by atoms with E-state index in [4.69, 9.17) is 4.74 Å². The standard InChI is InChI=1S/C14H20BrNO/c1-2-17-11-14-4-3-9-16(14)10-12-5-7-13(15)8-6-12/h5-8,14H,2-4,9-11H2,1H3/t14-/m0/s1. The topological polar surface area (TPSA) is 12.5 Å². The third kappa shape index (κ3) is 3.80. The van der Waals surface area contributed by atoms with E-state index in [1.54, 1.807) is 0 Å². The minimum absolute atomic E-state index is 0.610. The molecule has 0 N–H and O–H groups in total. The Bertz CT molecular complexity index is 339. The fourth-order valence-corrected chi connectivity index (χ4v) is 2.63. The molecule has 0 saturated carbocycles. The summed E-state index contributed by atoms with van der Waals surface area (Å²) in [4.78, 5) is 2.54. The van der Waals surface area contributed by atoms with Crippen LogP contribution in [0.5, 0.6) is 0 Å². The highest BCUT2D eigenvalue weighted by Crippen LogP contribution is 2.21. The van der Waals surface area contributed by atoms with E-state index >= 15 is 0 Å². The summed E-state index contributed by atoms with van der Waals surface area (Å²) in [5.41, 5.74) is 1.39. The molecule has 1 aromatic carbocycles. The summed E-state index contributed by atoms with van der Waals surface area (Å²) in [5.74, 6) is 0. The van der Waals surface area contributed by atoms with Gasteiger partial charge in [-0.3, -0.25) is 4.90 Å². The first-order chi connectivity index (χ1) is 8.29. The first kappa shape index (κ1) is 13.1. The van der Waals surface area contributed by atoms with Crippen LogP contribution in [0.4, 0.5) is 0 Å². The number of halogens is 1. The first-order valence-corrected chi connectivity index (χ1v) is 7.15. The summed E-state index contributed by atoms with van der Waals surface area (Å²) < 4.78 is 6.70. The molecule has 0 radical (unpaired) electrons. The molecule has 1 heterocycles. The monoisotopic (exact) mass is 297 g/mol. The van der Waals surface area contributed by atoms with Gasteiger partial charge in [0, 0.05) is 23.7 Å². The minimum atomic E-state index is 0.610. The van der Waals surface area contributed by atoms with Gasteiger partial charge < -0.3 is 4.74 Å². The van der Waals surface area contributed by atoms with Gasteiger partial charge in [0.15, 0.2) is 0 Å². The lowest BCUT2D eigenvalue weighted by Gasteiger charge is -2.24. The fraction of sp³-hybridized carbons (Fsp3) is 0.571. The van der Waals surface area contributed by atoms with Crippen LogP contribution in [0.1, 0.15) is 25.3 Å². The van der Waals surface area contributed by atoms with Gasteiger partial charge in [0.25, 0.3) is 0 Å². The van der Waals surface area contributed by atoms with Crippen molar-refractivity contribution >= 4 is 15.9 Å². The van der Waals surface area contributed by atoms with Crippen molar-refractivity contribution in [3.05, 3.63) is 34.3 Å². The molecule has 1 atom stereocenters. The van der Waals surface area contributed by atoms with Crippen molar-refractivity contribution in [3.63, 3.8) is 0 Å². The van der Waals surface area contributed by atoms with Crippen LogP contribution in [0.3, 0.4) is 0 Å². The van der Waals surface area contributed by atoms with Gasteiger partial charge in [-0.15, -0.1) is 0 Å². The van der Waals surface area contributed by atoms with Crippen molar-refractivity contribution in [3.8, 4) is 0 Å². The van der Waals surface area contributed by atoms with Crippen LogP contribution in [0.2, 0.25) is 0 Å². The molecule has 1 aliphatic heterocycles. The molecule has 1 aromatic rings. The third-order valence-electron chi connectivity index (χ3n) is 3.31. The molecule has 0 aliphatic carbocycles. The highest BCUT2D eigenvalue weighted by molar-refractivity contribution is 9.10. The number of hydrogen-bond donors (Lipinski definition) is 0. The van der Waals surface area contributed by atoms with Crippen LogP contribution >= 0.6 is 15.9 Å². The van der Waals surface area contributed by atoms with E-state index in [1.807, 2.05) is 0 Å². The zero-order valence-electron chi connectivity index (χ0n) is 10.4. The van der Waals surface area contributed by atoms with Gasteiger partial charge in [0.2, 0.25) is 0 Å². The van der Waals surface area contributed by atoms with Gasteiger partial charge in [-0.25, -0.2) is 0 Å². The van der Waals surface area contributed by atoms with E-state index < -0.39 is 0 Å². The predicted molar refractivity (Wildman–Crippen MR) is 74.1 cm³/mol. The lowest BCUT2D eigenvalue weighted by molar-refractivity contribution is 0.0824. The van der Waals surface area contributed by atoms with Crippen molar-refractivity contribution < 1.29 is 4.74 Å². The highest BCUT2D eigenvalue weighted by atomic mass is 79.9. The molecule has 0 bridgehead atoms. The normalized spacial score (nSPS) is 20.9. The molecule has 1 saturated heterocycles. The Morgan fingerprint density at radius 3 is 2.82 bits per heavy atom. The van der Waals surface area contributed by atoms with E-state index in [0.29, 0.717) is 6.04 Å². The largest absolute Gasteiger partial charge is 0.380 e. The van der Waals surface area contributed by atoms with Gasteiger partial charge in [-0.05, 0) is 44.0 Å². The lowest BCUT2D eigenvalue weighted by Crippen LogP contribution is -2.32. The lowest BCUT2D eigenvalue weighted by atomic mass is 10.2. The van der Waals surface area contributed by atoms with Gasteiger partial charge >= 0.3 is 0 Å². The molecule has 2 rings (SSSR count). The van der Waals surface area contributed by atoms with Crippen LogP contribution in [0, 0.1) is 0 Å². The molecule has 3 heteroatoms. The average Bonchev–Trinajstić information content (AvgIpc) is 2.77. The maximum Gasteiger partial charge on any atom is 0.0621 e. The number of hydrogen-bond acceptors (Lipinski definition) is 2. The SMILES string of the molecule is CCOC[C@@H]1CCCN1Cc1ccc(Br)cc1. The van der Waals surface area contributed by atoms with Crippen molar-refractivity contribution in [2.45, 2.75) is 32.4 Å². The fourth-order valence-electron chi connectivity index (χ4n) is 2.37. The summed E-state index contributed by atoms with van der Waals surface area (Å²) in [6, 6.07) is 9.23. The van der Waals surface area contributed by atoms with Crippen LogP contribution in [0.25, 0.3) is 0 Å². The van der Waals surface area contributed by atoms with Crippen molar-refractivity contribution in [1.29, 1.82) is 0 Å². The van der Waals surface area contributed by atoms with Crippen LogP contribution < -0.4 is 0 Å². The molecule has 2 nitrogen and oxygen atoms in total. The second kappa shape index (κ2) is 6.53. The number of rotatable bonds is 5. The quantitative estimate of drug-likeness (QED) is 0.825. The summed E-state index contributed by atoms with van der Waals surface area (Å²) in [5, 5.41) is 0. The maximum absolute atomic E-state index is 5.56.